The summed E-state index contributed by atoms with van der Waals surface area (Å²) in [6.07, 6.45) is 5.75. The summed E-state index contributed by atoms with van der Waals surface area (Å²) in [5, 5.41) is 2.98. The normalized spacial score (nSPS) is 11.0. The number of fused-ring (bicyclic) bond motifs is 1. The summed E-state index contributed by atoms with van der Waals surface area (Å²) in [6.45, 7) is 6.25. The second-order valence-corrected chi connectivity index (χ2v) is 8.19. The van der Waals surface area contributed by atoms with Crippen molar-refractivity contribution < 1.29 is 9.53 Å². The highest BCUT2D eigenvalue weighted by atomic mass is 16.5. The highest BCUT2D eigenvalue weighted by Gasteiger charge is 2.11. The third-order valence-corrected chi connectivity index (χ3v) is 5.72. The van der Waals surface area contributed by atoms with Crippen molar-refractivity contribution in [3.8, 4) is 5.75 Å². The summed E-state index contributed by atoms with van der Waals surface area (Å²) in [7, 11) is 0. The van der Waals surface area contributed by atoms with Crippen LogP contribution in [0, 0.1) is 13.8 Å². The molecule has 4 aromatic rings. The molecular formula is C27H30N4O2. The number of pyridine rings is 1. The lowest BCUT2D eigenvalue weighted by Crippen LogP contribution is -2.25. The summed E-state index contributed by atoms with van der Waals surface area (Å²) < 4.78 is 8.38. The molecule has 33 heavy (non-hydrogen) atoms. The molecule has 0 atom stereocenters. The molecule has 170 valence electrons. The number of aryl methyl sites for hydroxylation is 4. The first kappa shape index (κ1) is 22.5. The van der Waals surface area contributed by atoms with E-state index >= 15 is 0 Å². The number of carbonyl (C=O) groups is 1. The third kappa shape index (κ3) is 5.58. The number of rotatable bonds is 10. The molecule has 2 heterocycles. The van der Waals surface area contributed by atoms with E-state index in [-0.39, 0.29) is 5.91 Å². The van der Waals surface area contributed by atoms with E-state index in [1.165, 1.54) is 0 Å². The Morgan fingerprint density at radius 1 is 0.970 bits per heavy atom. The fourth-order valence-electron chi connectivity index (χ4n) is 4.04. The third-order valence-electron chi connectivity index (χ3n) is 5.72. The fraction of sp³-hybridized carbons (Fsp3) is 0.296. The maximum Gasteiger partial charge on any atom is 0.251 e. The van der Waals surface area contributed by atoms with Crippen molar-refractivity contribution in [3.05, 3.63) is 89.5 Å². The van der Waals surface area contributed by atoms with Gasteiger partial charge in [-0.05, 0) is 62.1 Å². The van der Waals surface area contributed by atoms with Gasteiger partial charge in [-0.15, -0.1) is 0 Å². The van der Waals surface area contributed by atoms with Gasteiger partial charge in [-0.3, -0.25) is 9.78 Å². The number of nitrogens with zero attached hydrogens (tertiary/aromatic N) is 3. The average Bonchev–Trinajstić information content (AvgIpc) is 3.19. The minimum absolute atomic E-state index is 0.0745. The van der Waals surface area contributed by atoms with E-state index in [2.05, 4.69) is 53.0 Å². The molecule has 6 nitrogen and oxygen atoms in total. The van der Waals surface area contributed by atoms with Crippen LogP contribution >= 0.6 is 0 Å². The molecule has 0 aliphatic heterocycles. The second kappa shape index (κ2) is 10.8. The minimum Gasteiger partial charge on any atom is -0.493 e. The number of carbonyl (C=O) groups excluding carboxylic acids is 1. The first-order chi connectivity index (χ1) is 16.1. The maximum atomic E-state index is 12.2. The Hall–Kier alpha value is -3.67. The van der Waals surface area contributed by atoms with Crippen LogP contribution < -0.4 is 10.1 Å². The monoisotopic (exact) mass is 442 g/mol. The van der Waals surface area contributed by atoms with Crippen LogP contribution in [0.1, 0.15) is 40.2 Å². The van der Waals surface area contributed by atoms with Gasteiger partial charge in [0.05, 0.1) is 17.6 Å². The molecule has 0 aliphatic rings. The van der Waals surface area contributed by atoms with Crippen LogP contribution in [-0.4, -0.2) is 33.6 Å². The minimum atomic E-state index is -0.0745. The van der Waals surface area contributed by atoms with Gasteiger partial charge in [-0.2, -0.15) is 0 Å². The van der Waals surface area contributed by atoms with Gasteiger partial charge in [-0.25, -0.2) is 4.98 Å². The van der Waals surface area contributed by atoms with Crippen molar-refractivity contribution in [2.75, 3.05) is 13.2 Å². The summed E-state index contributed by atoms with van der Waals surface area (Å²) in [4.78, 5) is 21.0. The van der Waals surface area contributed by atoms with Gasteiger partial charge in [0.2, 0.25) is 0 Å². The molecule has 0 fully saturated rings. The van der Waals surface area contributed by atoms with E-state index in [1.54, 1.807) is 24.5 Å². The van der Waals surface area contributed by atoms with Crippen molar-refractivity contribution in [2.24, 2.45) is 0 Å². The molecule has 6 heteroatoms. The van der Waals surface area contributed by atoms with Gasteiger partial charge in [-0.1, -0.05) is 30.3 Å². The predicted molar refractivity (Wildman–Crippen MR) is 131 cm³/mol. The SMILES string of the molecule is Cc1cccc(C)c1OCCCn1c(CCCNC(=O)c2ccncc2)nc2ccccc21. The molecule has 0 unspecified atom stereocenters. The quantitative estimate of drug-likeness (QED) is 0.356. The van der Waals surface area contributed by atoms with Crippen LogP contribution in [0.2, 0.25) is 0 Å². The van der Waals surface area contributed by atoms with Crippen LogP contribution in [0.4, 0.5) is 0 Å². The topological polar surface area (TPSA) is 69.0 Å². The van der Waals surface area contributed by atoms with Gasteiger partial charge in [0.15, 0.2) is 0 Å². The Kier molecular flexibility index (Phi) is 7.35. The molecule has 1 N–H and O–H groups in total. The van der Waals surface area contributed by atoms with Crippen LogP contribution in [0.3, 0.4) is 0 Å². The van der Waals surface area contributed by atoms with Crippen LogP contribution in [0.15, 0.2) is 67.0 Å². The zero-order valence-electron chi connectivity index (χ0n) is 19.3. The lowest BCUT2D eigenvalue weighted by atomic mass is 10.1. The zero-order valence-corrected chi connectivity index (χ0v) is 19.3. The molecule has 0 aliphatic carbocycles. The number of hydrogen-bond acceptors (Lipinski definition) is 4. The number of imidazole rings is 1. The Labute approximate surface area is 194 Å². The van der Waals surface area contributed by atoms with E-state index in [0.29, 0.717) is 18.7 Å². The molecule has 0 saturated heterocycles. The number of nitrogens with one attached hydrogen (secondary N) is 1. The zero-order chi connectivity index (χ0) is 23.0. The van der Waals surface area contributed by atoms with E-state index in [0.717, 1.165) is 59.5 Å². The van der Waals surface area contributed by atoms with E-state index in [9.17, 15) is 4.79 Å². The number of hydrogen-bond donors (Lipinski definition) is 1. The molecule has 2 aromatic heterocycles. The summed E-state index contributed by atoms with van der Waals surface area (Å²) in [6, 6.07) is 17.9. The largest absolute Gasteiger partial charge is 0.493 e. The Morgan fingerprint density at radius 2 is 1.73 bits per heavy atom. The lowest BCUT2D eigenvalue weighted by molar-refractivity contribution is 0.0953. The first-order valence-corrected chi connectivity index (χ1v) is 11.4. The lowest BCUT2D eigenvalue weighted by Gasteiger charge is -2.13. The van der Waals surface area contributed by atoms with Gasteiger partial charge >= 0.3 is 0 Å². The molecule has 2 aromatic carbocycles. The number of ether oxygens (including phenoxy) is 1. The van der Waals surface area contributed by atoms with Crippen molar-refractivity contribution >= 4 is 16.9 Å². The van der Waals surface area contributed by atoms with Gasteiger partial charge < -0.3 is 14.6 Å². The Morgan fingerprint density at radius 3 is 2.52 bits per heavy atom. The first-order valence-electron chi connectivity index (χ1n) is 11.4. The average molecular weight is 443 g/mol. The second-order valence-electron chi connectivity index (χ2n) is 8.19. The highest BCUT2D eigenvalue weighted by molar-refractivity contribution is 5.93. The van der Waals surface area contributed by atoms with Gasteiger partial charge in [0.25, 0.3) is 5.91 Å². The molecule has 4 rings (SSSR count). The van der Waals surface area contributed by atoms with Crippen LogP contribution in [-0.2, 0) is 13.0 Å². The van der Waals surface area contributed by atoms with E-state index in [4.69, 9.17) is 9.72 Å². The molecule has 0 radical (unpaired) electrons. The summed E-state index contributed by atoms with van der Waals surface area (Å²) in [5.74, 6) is 1.95. The van der Waals surface area contributed by atoms with Gasteiger partial charge in [0.1, 0.15) is 11.6 Å². The molecule has 0 saturated carbocycles. The standard InChI is InChI=1S/C27H30N4O2/c1-20-8-5-9-21(2)26(20)33-19-7-18-31-24-11-4-3-10-23(24)30-25(31)12-6-15-29-27(32)22-13-16-28-17-14-22/h3-5,8-11,13-14,16-17H,6-7,12,15,18-19H2,1-2H3,(H,29,32). The van der Waals surface area contributed by atoms with Gasteiger partial charge in [0, 0.05) is 37.5 Å². The van der Waals surface area contributed by atoms with Crippen molar-refractivity contribution in [1.82, 2.24) is 19.9 Å². The summed E-state index contributed by atoms with van der Waals surface area (Å²) >= 11 is 0. The molecule has 0 spiro atoms. The Bertz CT molecular complexity index is 1200. The van der Waals surface area contributed by atoms with Crippen molar-refractivity contribution in [1.29, 1.82) is 0 Å². The highest BCUT2D eigenvalue weighted by Crippen LogP contribution is 2.23. The number of aromatic nitrogens is 3. The number of para-hydroxylation sites is 3. The molecular weight excluding hydrogens is 412 g/mol. The van der Waals surface area contributed by atoms with E-state index in [1.807, 2.05) is 18.2 Å². The predicted octanol–water partition coefficient (Wildman–Crippen LogP) is 4.88. The number of benzene rings is 2. The van der Waals surface area contributed by atoms with Crippen LogP contribution in [0.5, 0.6) is 5.75 Å². The summed E-state index contributed by atoms with van der Waals surface area (Å²) in [5.41, 5.74) is 5.10. The van der Waals surface area contributed by atoms with Crippen molar-refractivity contribution in [3.63, 3.8) is 0 Å². The van der Waals surface area contributed by atoms with E-state index < -0.39 is 0 Å². The molecule has 0 bridgehead atoms. The Balaban J connectivity index is 1.35. The number of amides is 1. The molecule has 1 amide bonds. The maximum absolute atomic E-state index is 12.2. The van der Waals surface area contributed by atoms with Crippen molar-refractivity contribution in [2.45, 2.75) is 39.7 Å². The fourth-order valence-corrected chi connectivity index (χ4v) is 4.04. The van der Waals surface area contributed by atoms with Crippen LogP contribution in [0.25, 0.3) is 11.0 Å². The smallest absolute Gasteiger partial charge is 0.251 e.